The molecular weight excluding hydrogens is 496 g/mol. The topological polar surface area (TPSA) is 30.2 Å². The van der Waals surface area contributed by atoms with Crippen LogP contribution < -0.4 is 0 Å². The summed E-state index contributed by atoms with van der Waals surface area (Å²) in [4.78, 5) is 1.61. The van der Waals surface area contributed by atoms with Gasteiger partial charge in [-0.15, -0.1) is 0 Å². The predicted molar refractivity (Wildman–Crippen MR) is 163 cm³/mol. The zero-order valence-corrected chi connectivity index (χ0v) is 21.7. The zero-order chi connectivity index (χ0) is 25.9. The molecule has 0 aliphatic carbocycles. The second-order valence-corrected chi connectivity index (χ2v) is 11.3. The van der Waals surface area contributed by atoms with Crippen molar-refractivity contribution in [3.63, 3.8) is 0 Å². The minimum absolute atomic E-state index is 0.799. The maximum Gasteiger partial charge on any atom is 0.143 e. The fraction of sp³-hybridized carbons (Fsp3) is 0. The third kappa shape index (κ3) is 3.37. The molecule has 0 bridgehead atoms. The monoisotopic (exact) mass is 518 g/mol. The highest BCUT2D eigenvalue weighted by atomic mass is 32.2. The van der Waals surface area contributed by atoms with E-state index in [4.69, 9.17) is 4.42 Å². The van der Waals surface area contributed by atoms with Crippen molar-refractivity contribution in [2.24, 2.45) is 0 Å². The molecule has 7 aromatic carbocycles. The highest BCUT2D eigenvalue weighted by Crippen LogP contribution is 2.45. The SMILES string of the molecule is O=S(c1ccccc1)c1ccc(-c2cc3ccccc3c3c2oc2ccc4ccccc4c23)c2ccccc12. The van der Waals surface area contributed by atoms with E-state index in [0.29, 0.717) is 0 Å². The summed E-state index contributed by atoms with van der Waals surface area (Å²) in [5.41, 5.74) is 3.87. The Hall–Kier alpha value is -4.73. The summed E-state index contributed by atoms with van der Waals surface area (Å²) in [6.45, 7) is 0. The average Bonchev–Trinajstić information content (AvgIpc) is 3.41. The van der Waals surface area contributed by atoms with E-state index in [0.717, 1.165) is 59.0 Å². The summed E-state index contributed by atoms with van der Waals surface area (Å²) in [7, 11) is -1.29. The maximum atomic E-state index is 13.6. The number of furan rings is 1. The van der Waals surface area contributed by atoms with Gasteiger partial charge >= 0.3 is 0 Å². The van der Waals surface area contributed by atoms with Crippen LogP contribution in [0.1, 0.15) is 0 Å². The van der Waals surface area contributed by atoms with Crippen molar-refractivity contribution in [3.05, 3.63) is 133 Å². The zero-order valence-electron chi connectivity index (χ0n) is 20.9. The fourth-order valence-electron chi connectivity index (χ4n) is 5.93. The van der Waals surface area contributed by atoms with Gasteiger partial charge in [0.1, 0.15) is 11.2 Å². The molecule has 184 valence electrons. The lowest BCUT2D eigenvalue weighted by atomic mass is 9.92. The quantitative estimate of drug-likeness (QED) is 0.233. The van der Waals surface area contributed by atoms with Gasteiger partial charge in [0, 0.05) is 21.2 Å². The Morgan fingerprint density at radius 1 is 0.487 bits per heavy atom. The minimum Gasteiger partial charge on any atom is -0.455 e. The molecule has 0 saturated heterocycles. The van der Waals surface area contributed by atoms with Crippen LogP contribution in [0.25, 0.3) is 65.4 Å². The van der Waals surface area contributed by atoms with Gasteiger partial charge in [-0.05, 0) is 68.2 Å². The molecule has 39 heavy (non-hydrogen) atoms. The van der Waals surface area contributed by atoms with Crippen molar-refractivity contribution in [1.29, 1.82) is 0 Å². The van der Waals surface area contributed by atoms with Crippen molar-refractivity contribution in [2.75, 3.05) is 0 Å². The lowest BCUT2D eigenvalue weighted by Crippen LogP contribution is -1.95. The van der Waals surface area contributed by atoms with E-state index in [2.05, 4.69) is 84.9 Å². The van der Waals surface area contributed by atoms with E-state index in [1.807, 2.05) is 48.5 Å². The molecule has 0 spiro atoms. The molecule has 1 unspecified atom stereocenters. The number of hydrogen-bond acceptors (Lipinski definition) is 2. The van der Waals surface area contributed by atoms with Gasteiger partial charge in [-0.25, -0.2) is 4.21 Å². The van der Waals surface area contributed by atoms with Crippen molar-refractivity contribution in [2.45, 2.75) is 9.79 Å². The Kier molecular flexibility index (Phi) is 4.94. The molecule has 2 nitrogen and oxygen atoms in total. The fourth-order valence-corrected chi connectivity index (χ4v) is 7.15. The summed E-state index contributed by atoms with van der Waals surface area (Å²) >= 11 is 0. The normalized spacial score (nSPS) is 12.6. The molecule has 1 heterocycles. The average molecular weight is 519 g/mol. The first kappa shape index (κ1) is 22.3. The van der Waals surface area contributed by atoms with Crippen LogP contribution in [0.15, 0.2) is 148 Å². The Morgan fingerprint density at radius 2 is 1.13 bits per heavy atom. The van der Waals surface area contributed by atoms with E-state index in [1.54, 1.807) is 0 Å². The van der Waals surface area contributed by atoms with Crippen molar-refractivity contribution >= 4 is 65.1 Å². The van der Waals surface area contributed by atoms with E-state index in [9.17, 15) is 4.21 Å². The van der Waals surface area contributed by atoms with Gasteiger partial charge in [0.2, 0.25) is 0 Å². The molecule has 8 rings (SSSR count). The molecule has 0 fully saturated rings. The van der Waals surface area contributed by atoms with Gasteiger partial charge in [-0.2, -0.15) is 0 Å². The minimum atomic E-state index is -1.29. The summed E-state index contributed by atoms with van der Waals surface area (Å²) in [6.07, 6.45) is 0. The second-order valence-electron chi connectivity index (χ2n) is 9.85. The molecule has 0 aliphatic rings. The molecule has 1 atom stereocenters. The summed E-state index contributed by atoms with van der Waals surface area (Å²) in [5.74, 6) is 0. The first-order chi connectivity index (χ1) is 19.3. The third-order valence-corrected chi connectivity index (χ3v) is 9.14. The van der Waals surface area contributed by atoms with Crippen molar-refractivity contribution in [1.82, 2.24) is 0 Å². The Morgan fingerprint density at radius 3 is 1.92 bits per heavy atom. The third-order valence-electron chi connectivity index (χ3n) is 7.69. The van der Waals surface area contributed by atoms with E-state index < -0.39 is 10.8 Å². The van der Waals surface area contributed by atoms with E-state index in [-0.39, 0.29) is 0 Å². The van der Waals surface area contributed by atoms with Gasteiger partial charge in [0.15, 0.2) is 0 Å². The molecule has 8 aromatic rings. The van der Waals surface area contributed by atoms with Crippen LogP contribution in [0.3, 0.4) is 0 Å². The van der Waals surface area contributed by atoms with Crippen LogP contribution in [-0.2, 0) is 10.8 Å². The van der Waals surface area contributed by atoms with Crippen molar-refractivity contribution in [3.8, 4) is 11.1 Å². The van der Waals surface area contributed by atoms with Crippen molar-refractivity contribution < 1.29 is 8.63 Å². The van der Waals surface area contributed by atoms with Crippen LogP contribution in [0.2, 0.25) is 0 Å². The van der Waals surface area contributed by atoms with Gasteiger partial charge in [0.25, 0.3) is 0 Å². The van der Waals surface area contributed by atoms with Crippen LogP contribution in [-0.4, -0.2) is 4.21 Å². The summed E-state index contributed by atoms with van der Waals surface area (Å²) in [5, 5.41) is 9.05. The van der Waals surface area contributed by atoms with Crippen LogP contribution in [0.5, 0.6) is 0 Å². The highest BCUT2D eigenvalue weighted by molar-refractivity contribution is 7.85. The highest BCUT2D eigenvalue weighted by Gasteiger charge is 2.20. The Balaban J connectivity index is 1.48. The molecule has 3 heteroatoms. The maximum absolute atomic E-state index is 13.6. The number of rotatable bonds is 3. The van der Waals surface area contributed by atoms with E-state index >= 15 is 0 Å². The molecule has 0 aliphatic heterocycles. The summed E-state index contributed by atoms with van der Waals surface area (Å²) < 4.78 is 20.3. The van der Waals surface area contributed by atoms with Gasteiger partial charge in [-0.1, -0.05) is 103 Å². The van der Waals surface area contributed by atoms with Gasteiger partial charge < -0.3 is 4.42 Å². The standard InChI is InChI=1S/C36H22O2S/c37-39(25-12-2-1-3-13-25)33-21-19-29(28-16-8-9-17-30(28)33)31-22-24-11-5-7-15-27(24)35-34-26-14-6-4-10-23(26)18-20-32(34)38-36(31)35/h1-22H. The van der Waals surface area contributed by atoms with Crippen LogP contribution in [0, 0.1) is 0 Å². The molecule has 0 saturated carbocycles. The summed E-state index contributed by atoms with van der Waals surface area (Å²) in [6, 6.07) is 45.5. The smallest absolute Gasteiger partial charge is 0.143 e. The predicted octanol–water partition coefficient (Wildman–Crippen LogP) is 9.88. The number of benzene rings is 7. The van der Waals surface area contributed by atoms with E-state index in [1.165, 1.54) is 16.2 Å². The van der Waals surface area contributed by atoms with Gasteiger partial charge in [-0.3, -0.25) is 0 Å². The van der Waals surface area contributed by atoms with Crippen LogP contribution in [0.4, 0.5) is 0 Å². The number of fused-ring (bicyclic) bond motifs is 8. The molecule has 1 aromatic heterocycles. The lowest BCUT2D eigenvalue weighted by molar-refractivity contribution is 0.670. The second kappa shape index (κ2) is 8.65. The lowest BCUT2D eigenvalue weighted by Gasteiger charge is -2.13. The Bertz CT molecular complexity index is 2240. The van der Waals surface area contributed by atoms with Gasteiger partial charge in [0.05, 0.1) is 15.7 Å². The van der Waals surface area contributed by atoms with Crippen LogP contribution >= 0.6 is 0 Å². The Labute approximate surface area is 227 Å². The molecule has 0 amide bonds. The molecule has 0 N–H and O–H groups in total. The first-order valence-corrected chi connectivity index (χ1v) is 14.2. The largest absolute Gasteiger partial charge is 0.455 e. The molecule has 0 radical (unpaired) electrons. The first-order valence-electron chi connectivity index (χ1n) is 13.0. The molecular formula is C36H22O2S. The number of hydrogen-bond donors (Lipinski definition) is 0.